The summed E-state index contributed by atoms with van der Waals surface area (Å²) in [6, 6.07) is 16.2. The van der Waals surface area contributed by atoms with Gasteiger partial charge in [-0.2, -0.15) is 8.78 Å². The van der Waals surface area contributed by atoms with Gasteiger partial charge in [-0.05, 0) is 46.7 Å². The van der Waals surface area contributed by atoms with E-state index in [0.717, 1.165) is 29.5 Å². The van der Waals surface area contributed by atoms with E-state index in [0.29, 0.717) is 10.9 Å². The van der Waals surface area contributed by atoms with Crippen molar-refractivity contribution < 1.29 is 26.7 Å². The van der Waals surface area contributed by atoms with E-state index in [1.165, 1.54) is 24.3 Å². The van der Waals surface area contributed by atoms with Crippen molar-refractivity contribution in [1.29, 1.82) is 0 Å². The second-order valence-electron chi connectivity index (χ2n) is 7.05. The number of fused-ring (bicyclic) bond motifs is 1. The van der Waals surface area contributed by atoms with Crippen LogP contribution >= 0.6 is 0 Å². The third-order valence-corrected chi connectivity index (χ3v) is 5.17. The predicted molar refractivity (Wildman–Crippen MR) is 111 cm³/mol. The zero-order valence-electron chi connectivity index (χ0n) is 16.4. The molecule has 0 heterocycles. The Bertz CT molecular complexity index is 1270. The van der Waals surface area contributed by atoms with E-state index in [9.17, 15) is 17.6 Å². The number of alkyl halides is 2. The summed E-state index contributed by atoms with van der Waals surface area (Å²) < 4.78 is 72.5. The maximum absolute atomic E-state index is 15.1. The molecule has 0 radical (unpaired) electrons. The van der Waals surface area contributed by atoms with Crippen LogP contribution in [-0.4, -0.2) is 6.61 Å². The first-order chi connectivity index (χ1) is 14.9. The van der Waals surface area contributed by atoms with E-state index in [1.54, 1.807) is 18.2 Å². The summed E-state index contributed by atoms with van der Waals surface area (Å²) in [5, 5.41) is 1.20. The number of benzene rings is 4. The van der Waals surface area contributed by atoms with Gasteiger partial charge >= 0.3 is 6.61 Å². The molecule has 1 nitrogen and oxygen atoms in total. The van der Waals surface area contributed by atoms with Crippen molar-refractivity contribution in [3.05, 3.63) is 89.7 Å². The van der Waals surface area contributed by atoms with Crippen LogP contribution in [-0.2, 0) is 6.42 Å². The van der Waals surface area contributed by atoms with Gasteiger partial charge in [-0.15, -0.1) is 0 Å². The zero-order valence-corrected chi connectivity index (χ0v) is 16.4. The molecule has 0 spiro atoms. The van der Waals surface area contributed by atoms with E-state index >= 15 is 4.39 Å². The fourth-order valence-corrected chi connectivity index (χ4v) is 3.56. The molecule has 0 atom stereocenters. The predicted octanol–water partition coefficient (Wildman–Crippen LogP) is 7.75. The molecular formula is C25H17F5O. The molecule has 6 heteroatoms. The van der Waals surface area contributed by atoms with Crippen molar-refractivity contribution in [2.45, 2.75) is 20.0 Å². The van der Waals surface area contributed by atoms with Crippen molar-refractivity contribution in [3.8, 4) is 28.0 Å². The molecule has 4 rings (SSSR count). The maximum Gasteiger partial charge on any atom is 0.387 e. The van der Waals surface area contributed by atoms with Gasteiger partial charge in [0.05, 0.1) is 0 Å². The number of aryl methyl sites for hydroxylation is 1. The van der Waals surface area contributed by atoms with E-state index in [4.69, 9.17) is 0 Å². The van der Waals surface area contributed by atoms with E-state index in [-0.39, 0.29) is 16.7 Å². The van der Waals surface area contributed by atoms with Crippen LogP contribution in [0.1, 0.15) is 12.5 Å². The lowest BCUT2D eigenvalue weighted by Crippen LogP contribution is -2.03. The van der Waals surface area contributed by atoms with E-state index in [2.05, 4.69) is 4.74 Å². The molecule has 0 saturated carbocycles. The van der Waals surface area contributed by atoms with Gasteiger partial charge in [0.1, 0.15) is 11.6 Å². The molecule has 0 N–H and O–H groups in total. The Morgan fingerprint density at radius 3 is 2.10 bits per heavy atom. The third kappa shape index (κ3) is 4.10. The largest absolute Gasteiger partial charge is 0.432 e. The molecule has 0 amide bonds. The Morgan fingerprint density at radius 2 is 1.42 bits per heavy atom. The summed E-state index contributed by atoms with van der Waals surface area (Å²) in [5.74, 6) is -2.80. The average molecular weight is 428 g/mol. The minimum Gasteiger partial charge on any atom is -0.432 e. The highest BCUT2D eigenvalue weighted by Crippen LogP contribution is 2.34. The second-order valence-corrected chi connectivity index (χ2v) is 7.05. The Balaban J connectivity index is 1.71. The molecule has 0 bridgehead atoms. The van der Waals surface area contributed by atoms with Gasteiger partial charge < -0.3 is 4.74 Å². The van der Waals surface area contributed by atoms with Crippen LogP contribution in [0.2, 0.25) is 0 Å². The molecule has 4 aromatic rings. The van der Waals surface area contributed by atoms with Gasteiger partial charge in [-0.25, -0.2) is 13.2 Å². The summed E-state index contributed by atoms with van der Waals surface area (Å²) >= 11 is 0. The maximum atomic E-state index is 15.1. The number of ether oxygens (including phenoxy) is 1. The average Bonchev–Trinajstić information content (AvgIpc) is 2.75. The standard InChI is InChI=1S/C25H17F5O/c1-2-14-3-7-19-15(11-14)5-9-20(24(19)28)17-4-8-18(21(26)12-17)16-6-10-23(22(27)13-16)31-25(29)30/h3-13,25H,2H2,1H3. The SMILES string of the molecule is CCc1ccc2c(F)c(-c3ccc(-c4ccc(OC(F)F)c(F)c4)c(F)c3)ccc2c1. The van der Waals surface area contributed by atoms with E-state index in [1.807, 2.05) is 19.1 Å². The van der Waals surface area contributed by atoms with Gasteiger partial charge in [-0.1, -0.05) is 55.5 Å². The van der Waals surface area contributed by atoms with Crippen LogP contribution in [0, 0.1) is 17.5 Å². The molecule has 31 heavy (non-hydrogen) atoms. The highest BCUT2D eigenvalue weighted by Gasteiger charge is 2.15. The number of halogens is 5. The summed E-state index contributed by atoms with van der Waals surface area (Å²) in [7, 11) is 0. The van der Waals surface area contributed by atoms with Crippen LogP contribution in [0.15, 0.2) is 66.7 Å². The lowest BCUT2D eigenvalue weighted by Gasteiger charge is -2.11. The third-order valence-electron chi connectivity index (χ3n) is 5.17. The fourth-order valence-electron chi connectivity index (χ4n) is 3.56. The zero-order chi connectivity index (χ0) is 22.1. The molecule has 0 aliphatic carbocycles. The Kier molecular flexibility index (Phi) is 5.63. The number of hydrogen-bond donors (Lipinski definition) is 0. The molecule has 158 valence electrons. The Hall–Kier alpha value is -3.41. The molecule has 0 unspecified atom stereocenters. The Labute approximate surface area is 175 Å². The second kappa shape index (κ2) is 8.38. The quantitative estimate of drug-likeness (QED) is 0.295. The molecular weight excluding hydrogens is 411 g/mol. The van der Waals surface area contributed by atoms with Gasteiger partial charge in [0.15, 0.2) is 11.6 Å². The van der Waals surface area contributed by atoms with Crippen molar-refractivity contribution >= 4 is 10.8 Å². The van der Waals surface area contributed by atoms with Crippen LogP contribution in [0.5, 0.6) is 5.75 Å². The topological polar surface area (TPSA) is 9.23 Å². The van der Waals surface area contributed by atoms with Crippen LogP contribution in [0.3, 0.4) is 0 Å². The first-order valence-corrected chi connectivity index (χ1v) is 9.63. The van der Waals surface area contributed by atoms with E-state index < -0.39 is 29.8 Å². The Morgan fingerprint density at radius 1 is 0.742 bits per heavy atom. The normalized spacial score (nSPS) is 11.3. The van der Waals surface area contributed by atoms with Crippen molar-refractivity contribution in [2.75, 3.05) is 0 Å². The highest BCUT2D eigenvalue weighted by molar-refractivity contribution is 5.89. The van der Waals surface area contributed by atoms with Gasteiger partial charge in [0, 0.05) is 16.5 Å². The fraction of sp³-hybridized carbons (Fsp3) is 0.120. The highest BCUT2D eigenvalue weighted by atomic mass is 19.3. The molecule has 0 aromatic heterocycles. The van der Waals surface area contributed by atoms with Gasteiger partial charge in [-0.3, -0.25) is 0 Å². The summed E-state index contributed by atoms with van der Waals surface area (Å²) in [6.07, 6.45) is 0.835. The molecule has 0 saturated heterocycles. The molecule has 0 aliphatic heterocycles. The molecule has 0 aliphatic rings. The number of rotatable bonds is 5. The summed E-state index contributed by atoms with van der Waals surface area (Å²) in [5.41, 5.74) is 1.87. The first-order valence-electron chi connectivity index (χ1n) is 9.63. The summed E-state index contributed by atoms with van der Waals surface area (Å²) in [4.78, 5) is 0. The van der Waals surface area contributed by atoms with Crippen molar-refractivity contribution in [3.63, 3.8) is 0 Å². The van der Waals surface area contributed by atoms with Gasteiger partial charge in [0.2, 0.25) is 0 Å². The molecule has 4 aromatic carbocycles. The van der Waals surface area contributed by atoms with Gasteiger partial charge in [0.25, 0.3) is 0 Å². The van der Waals surface area contributed by atoms with Crippen molar-refractivity contribution in [2.24, 2.45) is 0 Å². The lowest BCUT2D eigenvalue weighted by atomic mass is 9.96. The smallest absolute Gasteiger partial charge is 0.387 e. The van der Waals surface area contributed by atoms with Crippen LogP contribution in [0.4, 0.5) is 22.0 Å². The minimum absolute atomic E-state index is 0.0556. The summed E-state index contributed by atoms with van der Waals surface area (Å²) in [6.45, 7) is -1.15. The monoisotopic (exact) mass is 428 g/mol. The van der Waals surface area contributed by atoms with Crippen molar-refractivity contribution in [1.82, 2.24) is 0 Å². The first kappa shape index (κ1) is 20.8. The van der Waals surface area contributed by atoms with Crippen LogP contribution in [0.25, 0.3) is 33.0 Å². The van der Waals surface area contributed by atoms with Crippen LogP contribution < -0.4 is 4.74 Å². The molecule has 0 fully saturated rings. The number of hydrogen-bond acceptors (Lipinski definition) is 1. The minimum atomic E-state index is -3.17. The lowest BCUT2D eigenvalue weighted by molar-refractivity contribution is -0.0521.